The Morgan fingerprint density at radius 1 is 0.812 bits per heavy atom. The van der Waals surface area contributed by atoms with E-state index in [1.165, 1.54) is 11.8 Å². The summed E-state index contributed by atoms with van der Waals surface area (Å²) in [6.07, 6.45) is 7.45. The first-order chi connectivity index (χ1) is 30.8. The van der Waals surface area contributed by atoms with Crippen LogP contribution in [0.15, 0.2) is 65.8 Å². The normalized spacial score (nSPS) is 23.3. The zero-order valence-corrected chi connectivity index (χ0v) is 36.6. The van der Waals surface area contributed by atoms with Gasteiger partial charge in [-0.25, -0.2) is 0 Å². The summed E-state index contributed by atoms with van der Waals surface area (Å²) < 4.78 is 0. The smallest absolute Gasteiger partial charge is 0.252 e. The first-order valence-corrected chi connectivity index (χ1v) is 22.5. The molecule has 18 heteroatoms. The second-order valence-corrected chi connectivity index (χ2v) is 17.2. The van der Waals surface area contributed by atoms with Crippen molar-refractivity contribution in [2.75, 3.05) is 19.6 Å². The average Bonchev–Trinajstić information content (AvgIpc) is 3.94. The Morgan fingerprint density at radius 3 is 2.22 bits per heavy atom. The number of carbonyl (C=O) groups is 7. The molecule has 2 saturated heterocycles. The first kappa shape index (κ1) is 47.2. The van der Waals surface area contributed by atoms with Crippen LogP contribution in [-0.2, 0) is 46.4 Å². The van der Waals surface area contributed by atoms with Crippen LogP contribution in [0.1, 0.15) is 88.7 Å². The van der Waals surface area contributed by atoms with Crippen molar-refractivity contribution in [3.05, 3.63) is 71.9 Å². The molecule has 11 N–H and O–H groups in total. The third-order valence-electron chi connectivity index (χ3n) is 12.5. The molecule has 1 saturated carbocycles. The van der Waals surface area contributed by atoms with Gasteiger partial charge in [0.25, 0.3) is 11.8 Å². The van der Waals surface area contributed by atoms with Gasteiger partial charge in [0, 0.05) is 50.0 Å². The molecule has 0 spiro atoms. The van der Waals surface area contributed by atoms with Gasteiger partial charge in [-0.05, 0) is 68.2 Å². The highest BCUT2D eigenvalue weighted by atomic mass is 16.2. The van der Waals surface area contributed by atoms with Gasteiger partial charge in [0.05, 0.1) is 0 Å². The minimum Gasteiger partial charge on any atom is -0.370 e. The number of nitrogens with two attached hydrogens (primary N) is 3. The molecule has 6 atom stereocenters. The number of amides is 7. The maximum atomic E-state index is 15.4. The van der Waals surface area contributed by atoms with E-state index in [4.69, 9.17) is 17.2 Å². The summed E-state index contributed by atoms with van der Waals surface area (Å²) in [7, 11) is 0. The molecule has 0 bridgehead atoms. The second kappa shape index (κ2) is 22.4. The lowest BCUT2D eigenvalue weighted by atomic mass is 9.84. The molecule has 0 unspecified atom stereocenters. The van der Waals surface area contributed by atoms with Crippen molar-refractivity contribution >= 4 is 58.2 Å². The monoisotopic (exact) mass is 881 g/mol. The van der Waals surface area contributed by atoms with Gasteiger partial charge in [0.15, 0.2) is 5.96 Å². The van der Waals surface area contributed by atoms with Crippen LogP contribution in [0.25, 0.3) is 10.9 Å². The number of benzene rings is 2. The van der Waals surface area contributed by atoms with E-state index < -0.39 is 77.6 Å². The van der Waals surface area contributed by atoms with E-state index in [9.17, 15) is 19.2 Å². The Kier molecular flexibility index (Phi) is 16.5. The number of para-hydroxylation sites is 1. The number of rotatable bonds is 14. The van der Waals surface area contributed by atoms with E-state index in [1.807, 2.05) is 24.3 Å². The summed E-state index contributed by atoms with van der Waals surface area (Å²) >= 11 is 0. The lowest BCUT2D eigenvalue weighted by Crippen LogP contribution is -2.64. The number of aromatic nitrogens is 1. The van der Waals surface area contributed by atoms with Crippen LogP contribution in [0.5, 0.6) is 0 Å². The van der Waals surface area contributed by atoms with Crippen LogP contribution >= 0.6 is 0 Å². The summed E-state index contributed by atoms with van der Waals surface area (Å²) in [6, 6.07) is 8.71. The second-order valence-electron chi connectivity index (χ2n) is 17.2. The van der Waals surface area contributed by atoms with Gasteiger partial charge in [-0.2, -0.15) is 0 Å². The summed E-state index contributed by atoms with van der Waals surface area (Å²) in [5, 5.41) is 12.3. The Hall–Kier alpha value is -6.30. The number of guanidine groups is 1. The van der Waals surface area contributed by atoms with Crippen LogP contribution in [-0.4, -0.2) is 118 Å². The number of carbonyl (C=O) groups excluding carboxylic acids is 7. The summed E-state index contributed by atoms with van der Waals surface area (Å²) in [5.41, 5.74) is 19.6. The maximum Gasteiger partial charge on any atom is 0.252 e. The molecule has 3 aromatic rings. The number of H-pyrrole nitrogens is 1. The van der Waals surface area contributed by atoms with Gasteiger partial charge in [0.1, 0.15) is 36.3 Å². The lowest BCUT2D eigenvalue weighted by Gasteiger charge is -2.37. The van der Waals surface area contributed by atoms with E-state index in [1.54, 1.807) is 36.5 Å². The van der Waals surface area contributed by atoms with Crippen LogP contribution in [0.2, 0.25) is 0 Å². The fourth-order valence-corrected chi connectivity index (χ4v) is 9.35. The van der Waals surface area contributed by atoms with E-state index in [2.05, 4.69) is 31.2 Å². The van der Waals surface area contributed by atoms with Crippen molar-refractivity contribution < 1.29 is 33.6 Å². The SMILES string of the molecule is CC(=O)N[C@@H](Cc1ccccc1)C(=O)N1C(=O)[C@@H](CCCN=C(N)N)NC(=O)[C@H](Cc2c[nH]c3ccccc23)NC(=O)[C@@H](CC2CCCCC2)NC(=O)[C@@H]2CCCN2C(=O)[C@@H]1CCN. The number of imide groups is 1. The molecule has 2 aromatic carbocycles. The molecule has 3 fully saturated rings. The highest BCUT2D eigenvalue weighted by molar-refractivity contribution is 6.07. The van der Waals surface area contributed by atoms with Crippen LogP contribution in [0.4, 0.5) is 0 Å². The maximum absolute atomic E-state index is 15.4. The van der Waals surface area contributed by atoms with Crippen molar-refractivity contribution in [1.82, 2.24) is 36.1 Å². The molecule has 3 aliphatic rings. The predicted octanol–water partition coefficient (Wildman–Crippen LogP) is 1.01. The quantitative estimate of drug-likeness (QED) is 0.0647. The van der Waals surface area contributed by atoms with Gasteiger partial charge >= 0.3 is 0 Å². The highest BCUT2D eigenvalue weighted by Gasteiger charge is 2.46. The minimum absolute atomic E-state index is 0.00436. The molecular formula is C46H63N11O7. The van der Waals surface area contributed by atoms with Crippen LogP contribution in [0, 0.1) is 5.92 Å². The fraction of sp³-hybridized carbons (Fsp3) is 0.522. The van der Waals surface area contributed by atoms with Crippen molar-refractivity contribution in [3.8, 4) is 0 Å². The van der Waals surface area contributed by atoms with Crippen LogP contribution in [0.3, 0.4) is 0 Å². The zero-order valence-electron chi connectivity index (χ0n) is 36.6. The van der Waals surface area contributed by atoms with E-state index in [0.29, 0.717) is 24.0 Å². The Labute approximate surface area is 373 Å². The molecule has 1 aliphatic carbocycles. The first-order valence-electron chi connectivity index (χ1n) is 22.5. The van der Waals surface area contributed by atoms with E-state index in [0.717, 1.165) is 47.9 Å². The van der Waals surface area contributed by atoms with Gasteiger partial charge < -0.3 is 48.4 Å². The van der Waals surface area contributed by atoms with Gasteiger partial charge in [0.2, 0.25) is 29.5 Å². The molecule has 0 radical (unpaired) electrons. The Bertz CT molecular complexity index is 2170. The number of fused-ring (bicyclic) bond motifs is 2. The Morgan fingerprint density at radius 2 is 1.50 bits per heavy atom. The number of aliphatic imine (C=N–C) groups is 1. The topological polar surface area (TPSA) is 280 Å². The summed E-state index contributed by atoms with van der Waals surface area (Å²) in [4.78, 5) is 112. The number of nitrogens with one attached hydrogen (secondary N) is 5. The highest BCUT2D eigenvalue weighted by Crippen LogP contribution is 2.29. The van der Waals surface area contributed by atoms with E-state index in [-0.39, 0.29) is 70.0 Å². The zero-order chi connectivity index (χ0) is 45.8. The molecule has 1 aromatic heterocycles. The molecule has 2 aliphatic heterocycles. The standard InChI is InChI=1S/C46H63N11O7/c1-28(58)52-37(25-30-14-6-3-7-15-30)44(63)57-39(20-21-47)45(64)56-23-11-19-38(56)42(61)55-35(24-29-12-4-2-5-13-29)40(59)54-36(26-31-27-51-33-17-9-8-16-32(31)33)41(60)53-34(43(57)62)18-10-22-50-46(48)49/h3,6-9,14-17,27,29,34-39,51H,2,4-5,10-13,18-26,47H2,1H3,(H,52,58)(H,53,60)(H,54,59)(H,55,61)(H4,48,49,50)/t34-,35-,36+,37+,38+,39+/m1/s1. The van der Waals surface area contributed by atoms with Gasteiger partial charge in [-0.15, -0.1) is 0 Å². The Balaban J connectivity index is 1.48. The minimum atomic E-state index is -1.53. The van der Waals surface area contributed by atoms with Crippen molar-refractivity contribution in [2.45, 2.75) is 127 Å². The van der Waals surface area contributed by atoms with Gasteiger partial charge in [-0.1, -0.05) is 80.6 Å². The number of aromatic amines is 1. The largest absolute Gasteiger partial charge is 0.370 e. The number of hydrogen-bond donors (Lipinski definition) is 8. The molecule has 6 rings (SSSR count). The van der Waals surface area contributed by atoms with Crippen molar-refractivity contribution in [3.63, 3.8) is 0 Å². The summed E-state index contributed by atoms with van der Waals surface area (Å²) in [5.74, 6) is -5.01. The molecular weight excluding hydrogens is 819 g/mol. The molecule has 344 valence electrons. The van der Waals surface area contributed by atoms with Gasteiger partial charge in [-0.3, -0.25) is 43.5 Å². The molecule has 7 amide bonds. The lowest BCUT2D eigenvalue weighted by molar-refractivity contribution is -0.159. The number of hydrogen-bond acceptors (Lipinski definition) is 9. The molecule has 18 nitrogen and oxygen atoms in total. The fourth-order valence-electron chi connectivity index (χ4n) is 9.35. The van der Waals surface area contributed by atoms with Crippen LogP contribution < -0.4 is 38.5 Å². The molecule has 64 heavy (non-hydrogen) atoms. The number of nitrogens with zero attached hydrogens (tertiary/aromatic N) is 3. The van der Waals surface area contributed by atoms with Crippen molar-refractivity contribution in [1.29, 1.82) is 0 Å². The molecule has 3 heterocycles. The third kappa shape index (κ3) is 12.0. The summed E-state index contributed by atoms with van der Waals surface area (Å²) in [6.45, 7) is 1.30. The van der Waals surface area contributed by atoms with E-state index >= 15 is 14.4 Å². The third-order valence-corrected chi connectivity index (χ3v) is 12.5. The average molecular weight is 882 g/mol. The predicted molar refractivity (Wildman–Crippen MR) is 241 cm³/mol. The van der Waals surface area contributed by atoms with Crippen molar-refractivity contribution in [2.24, 2.45) is 28.1 Å².